The predicted octanol–water partition coefficient (Wildman–Crippen LogP) is 3.05. The van der Waals surface area contributed by atoms with Gasteiger partial charge in [0.2, 0.25) is 0 Å². The number of ether oxygens (including phenoxy) is 2. The molecule has 0 unspecified atom stereocenters. The number of aromatic amines is 1. The van der Waals surface area contributed by atoms with E-state index in [0.29, 0.717) is 5.75 Å². The molecule has 0 bridgehead atoms. The zero-order chi connectivity index (χ0) is 13.1. The Bertz CT molecular complexity index is 573. The Labute approximate surface area is 106 Å². The maximum absolute atomic E-state index is 5.32. The van der Waals surface area contributed by atoms with E-state index in [1.807, 2.05) is 19.1 Å². The first-order valence-corrected chi connectivity index (χ1v) is 5.60. The Morgan fingerprint density at radius 3 is 2.50 bits per heavy atom. The topological polar surface area (TPSA) is 47.1 Å². The molecular formula is C14H16N2O2. The van der Waals surface area contributed by atoms with Gasteiger partial charge in [-0.05, 0) is 30.7 Å². The molecule has 0 aliphatic rings. The molecule has 0 spiro atoms. The fraction of sp³-hybridized carbons (Fsp3) is 0.214. The second-order valence-corrected chi connectivity index (χ2v) is 3.89. The van der Waals surface area contributed by atoms with Crippen LogP contribution in [0.25, 0.3) is 17.3 Å². The first kappa shape index (κ1) is 12.2. The number of H-pyrrole nitrogens is 1. The lowest BCUT2D eigenvalue weighted by Gasteiger charge is -2.12. The van der Waals surface area contributed by atoms with Gasteiger partial charge < -0.3 is 14.5 Å². The van der Waals surface area contributed by atoms with E-state index in [4.69, 9.17) is 9.47 Å². The van der Waals surface area contributed by atoms with E-state index < -0.39 is 0 Å². The van der Waals surface area contributed by atoms with Crippen LogP contribution in [0.4, 0.5) is 0 Å². The summed E-state index contributed by atoms with van der Waals surface area (Å²) >= 11 is 0. The number of aromatic nitrogens is 2. The molecule has 0 fully saturated rings. The second kappa shape index (κ2) is 4.96. The van der Waals surface area contributed by atoms with Crippen molar-refractivity contribution in [3.8, 4) is 22.8 Å². The van der Waals surface area contributed by atoms with Crippen LogP contribution < -0.4 is 9.47 Å². The molecule has 4 nitrogen and oxygen atoms in total. The SMILES string of the molecule is C=Cc1nc[nH]c1-c1cc(OC)c(OC)cc1C. The van der Waals surface area contributed by atoms with Crippen LogP contribution in [0, 0.1) is 6.92 Å². The minimum Gasteiger partial charge on any atom is -0.493 e. The average molecular weight is 244 g/mol. The van der Waals surface area contributed by atoms with Gasteiger partial charge >= 0.3 is 0 Å². The Morgan fingerprint density at radius 2 is 1.89 bits per heavy atom. The fourth-order valence-electron chi connectivity index (χ4n) is 1.93. The third-order valence-electron chi connectivity index (χ3n) is 2.86. The normalized spacial score (nSPS) is 10.2. The van der Waals surface area contributed by atoms with E-state index >= 15 is 0 Å². The van der Waals surface area contributed by atoms with Gasteiger partial charge in [-0.15, -0.1) is 0 Å². The lowest BCUT2D eigenvalue weighted by atomic mass is 10.0. The van der Waals surface area contributed by atoms with Crippen molar-refractivity contribution >= 4 is 6.08 Å². The standard InChI is InChI=1S/C14H16N2O2/c1-5-11-14(16-8-15-11)10-7-13(18-4)12(17-3)6-9(10)2/h5-8H,1H2,2-4H3,(H,15,16). The number of rotatable bonds is 4. The largest absolute Gasteiger partial charge is 0.493 e. The van der Waals surface area contributed by atoms with Crippen molar-refractivity contribution in [3.63, 3.8) is 0 Å². The van der Waals surface area contributed by atoms with E-state index in [-0.39, 0.29) is 0 Å². The molecule has 0 aliphatic carbocycles. The van der Waals surface area contributed by atoms with E-state index in [1.165, 1.54) is 0 Å². The van der Waals surface area contributed by atoms with E-state index in [9.17, 15) is 0 Å². The van der Waals surface area contributed by atoms with Crippen molar-refractivity contribution in [1.29, 1.82) is 0 Å². The van der Waals surface area contributed by atoms with Crippen molar-refractivity contribution < 1.29 is 9.47 Å². The van der Waals surface area contributed by atoms with Crippen molar-refractivity contribution in [2.75, 3.05) is 14.2 Å². The summed E-state index contributed by atoms with van der Waals surface area (Å²) in [4.78, 5) is 7.33. The molecule has 1 aromatic carbocycles. The summed E-state index contributed by atoms with van der Waals surface area (Å²) in [5.74, 6) is 1.42. The second-order valence-electron chi connectivity index (χ2n) is 3.89. The summed E-state index contributed by atoms with van der Waals surface area (Å²) in [7, 11) is 3.25. The van der Waals surface area contributed by atoms with Crippen LogP contribution in [-0.2, 0) is 0 Å². The van der Waals surface area contributed by atoms with E-state index in [0.717, 1.165) is 28.3 Å². The van der Waals surface area contributed by atoms with Crippen molar-refractivity contribution in [1.82, 2.24) is 9.97 Å². The highest BCUT2D eigenvalue weighted by Crippen LogP contribution is 2.35. The van der Waals surface area contributed by atoms with Gasteiger partial charge in [0.05, 0.1) is 31.9 Å². The van der Waals surface area contributed by atoms with Gasteiger partial charge in [-0.2, -0.15) is 0 Å². The fourth-order valence-corrected chi connectivity index (χ4v) is 1.93. The molecule has 2 rings (SSSR count). The molecule has 0 amide bonds. The summed E-state index contributed by atoms with van der Waals surface area (Å²) in [5, 5.41) is 0. The summed E-state index contributed by atoms with van der Waals surface area (Å²) in [6.45, 7) is 5.78. The highest BCUT2D eigenvalue weighted by atomic mass is 16.5. The number of nitrogens with one attached hydrogen (secondary N) is 1. The summed E-state index contributed by atoms with van der Waals surface area (Å²) < 4.78 is 10.6. The minimum absolute atomic E-state index is 0.697. The van der Waals surface area contributed by atoms with Crippen LogP contribution in [0.1, 0.15) is 11.3 Å². The van der Waals surface area contributed by atoms with Crippen LogP contribution in [0.2, 0.25) is 0 Å². The van der Waals surface area contributed by atoms with Gasteiger partial charge in [0.25, 0.3) is 0 Å². The number of imidazole rings is 1. The highest BCUT2D eigenvalue weighted by molar-refractivity contribution is 5.74. The number of methoxy groups -OCH3 is 2. The third kappa shape index (κ3) is 1.97. The average Bonchev–Trinajstić information content (AvgIpc) is 2.86. The first-order valence-electron chi connectivity index (χ1n) is 5.60. The predicted molar refractivity (Wildman–Crippen MR) is 72.0 cm³/mol. The van der Waals surface area contributed by atoms with E-state index in [2.05, 4.69) is 16.5 Å². The molecule has 1 heterocycles. The van der Waals surface area contributed by atoms with Crippen LogP contribution in [0.3, 0.4) is 0 Å². The number of nitrogens with zero attached hydrogens (tertiary/aromatic N) is 1. The maximum atomic E-state index is 5.32. The molecule has 94 valence electrons. The Morgan fingerprint density at radius 1 is 1.22 bits per heavy atom. The number of aryl methyl sites for hydroxylation is 1. The van der Waals surface area contributed by atoms with Crippen LogP contribution >= 0.6 is 0 Å². The van der Waals surface area contributed by atoms with Gasteiger partial charge in [-0.1, -0.05) is 6.58 Å². The summed E-state index contributed by atoms with van der Waals surface area (Å²) in [6.07, 6.45) is 3.38. The Hall–Kier alpha value is -2.23. The van der Waals surface area contributed by atoms with Gasteiger partial charge in [0.1, 0.15) is 0 Å². The van der Waals surface area contributed by atoms with Gasteiger partial charge in [-0.3, -0.25) is 0 Å². The molecule has 0 saturated heterocycles. The number of hydrogen-bond acceptors (Lipinski definition) is 3. The maximum Gasteiger partial charge on any atom is 0.161 e. The minimum atomic E-state index is 0.697. The van der Waals surface area contributed by atoms with Gasteiger partial charge in [0.15, 0.2) is 11.5 Å². The van der Waals surface area contributed by atoms with Crippen LogP contribution in [-0.4, -0.2) is 24.2 Å². The molecule has 4 heteroatoms. The zero-order valence-corrected chi connectivity index (χ0v) is 10.8. The van der Waals surface area contributed by atoms with Gasteiger partial charge in [-0.25, -0.2) is 4.98 Å². The lowest BCUT2D eigenvalue weighted by Crippen LogP contribution is -1.94. The van der Waals surface area contributed by atoms with Crippen LogP contribution in [0.15, 0.2) is 25.0 Å². The molecule has 1 N–H and O–H groups in total. The highest BCUT2D eigenvalue weighted by Gasteiger charge is 2.13. The molecule has 0 radical (unpaired) electrons. The lowest BCUT2D eigenvalue weighted by molar-refractivity contribution is 0.355. The molecule has 0 saturated carbocycles. The van der Waals surface area contributed by atoms with E-state index in [1.54, 1.807) is 26.6 Å². The number of benzene rings is 1. The van der Waals surface area contributed by atoms with Crippen molar-refractivity contribution in [2.24, 2.45) is 0 Å². The molecule has 2 aromatic rings. The van der Waals surface area contributed by atoms with Gasteiger partial charge in [0, 0.05) is 5.56 Å². The monoisotopic (exact) mass is 244 g/mol. The van der Waals surface area contributed by atoms with Crippen molar-refractivity contribution in [2.45, 2.75) is 6.92 Å². The van der Waals surface area contributed by atoms with Crippen molar-refractivity contribution in [3.05, 3.63) is 36.3 Å². The number of hydrogen-bond donors (Lipinski definition) is 1. The molecule has 1 aromatic heterocycles. The summed E-state index contributed by atoms with van der Waals surface area (Å²) in [5.41, 5.74) is 3.87. The molecular weight excluding hydrogens is 228 g/mol. The Balaban J connectivity index is 2.61. The quantitative estimate of drug-likeness (QED) is 0.899. The third-order valence-corrected chi connectivity index (χ3v) is 2.86. The summed E-state index contributed by atoms with van der Waals surface area (Å²) in [6, 6.07) is 3.89. The zero-order valence-electron chi connectivity index (χ0n) is 10.8. The van der Waals surface area contributed by atoms with Crippen LogP contribution in [0.5, 0.6) is 11.5 Å². The molecule has 18 heavy (non-hydrogen) atoms. The first-order chi connectivity index (χ1) is 8.71. The Kier molecular flexibility index (Phi) is 3.37. The molecule has 0 atom stereocenters. The smallest absolute Gasteiger partial charge is 0.161 e. The molecule has 0 aliphatic heterocycles.